The third kappa shape index (κ3) is 4.83. The van der Waals surface area contributed by atoms with E-state index in [9.17, 15) is 9.59 Å². The molecule has 1 N–H and O–H groups in total. The number of nitrogens with zero attached hydrogens (tertiary/aromatic N) is 4. The van der Waals surface area contributed by atoms with E-state index in [1.165, 1.54) is 11.9 Å². The number of likely N-dealkylation sites (N-methyl/N-ethyl adjacent to an activating group) is 1. The fourth-order valence-electron chi connectivity index (χ4n) is 3.80. The van der Waals surface area contributed by atoms with Crippen LogP contribution < -0.4 is 0 Å². The minimum Gasteiger partial charge on any atom is -0.480 e. The molecule has 2 aromatic carbocycles. The molecular weight excluding hydrogens is 472 g/mol. The molecule has 0 radical (unpaired) electrons. The van der Waals surface area contributed by atoms with Crippen LogP contribution in [0.1, 0.15) is 35.9 Å². The van der Waals surface area contributed by atoms with E-state index >= 15 is 0 Å². The van der Waals surface area contributed by atoms with Crippen molar-refractivity contribution in [3.05, 3.63) is 63.6 Å². The highest BCUT2D eigenvalue weighted by molar-refractivity contribution is 7.14. The lowest BCUT2D eigenvalue weighted by molar-refractivity contribution is -0.143. The Bertz CT molecular complexity index is 1390. The van der Waals surface area contributed by atoms with Crippen LogP contribution in [0.15, 0.2) is 42.5 Å². The quantitative estimate of drug-likeness (QED) is 0.374. The highest BCUT2D eigenvalue weighted by atomic mass is 35.5. The first-order valence-electron chi connectivity index (χ1n) is 10.8. The summed E-state index contributed by atoms with van der Waals surface area (Å²) in [5.41, 5.74) is 4.45. The standard InChI is InChI=1S/C25H25ClN4O3S/c1-14(2)24-23(16-7-5-6-15(3)10-16)27-25(34-24)30-20-9-8-17(26)11-18(20)19(28-30)12-21(31)29(4)13-22(32)33/h5-11,14H,12-13H2,1-4H3,(H,32,33). The number of carboxylic acid groups (broad SMARTS) is 1. The van der Waals surface area contributed by atoms with Crippen molar-refractivity contribution in [1.29, 1.82) is 0 Å². The second-order valence-electron chi connectivity index (χ2n) is 8.57. The normalized spacial score (nSPS) is 11.4. The average Bonchev–Trinajstić information content (AvgIpc) is 3.35. The molecule has 0 aliphatic rings. The number of benzene rings is 2. The molecule has 0 aliphatic carbocycles. The number of aliphatic carboxylic acids is 1. The molecule has 34 heavy (non-hydrogen) atoms. The second-order valence-corrected chi connectivity index (χ2v) is 10.0. The predicted octanol–water partition coefficient (Wildman–Crippen LogP) is 5.32. The summed E-state index contributed by atoms with van der Waals surface area (Å²) in [6.07, 6.45) is -0.0409. The molecule has 2 heterocycles. The van der Waals surface area contributed by atoms with E-state index in [1.807, 2.05) is 12.1 Å². The Morgan fingerprint density at radius 2 is 1.97 bits per heavy atom. The number of halogens is 1. The van der Waals surface area contributed by atoms with Gasteiger partial charge in [-0.2, -0.15) is 5.10 Å². The van der Waals surface area contributed by atoms with Crippen LogP contribution >= 0.6 is 22.9 Å². The molecule has 176 valence electrons. The zero-order valence-corrected chi connectivity index (χ0v) is 20.9. The molecule has 2 aromatic heterocycles. The van der Waals surface area contributed by atoms with Crippen molar-refractivity contribution in [2.24, 2.45) is 0 Å². The Kier molecular flexibility index (Phi) is 6.72. The fraction of sp³-hybridized carbons (Fsp3) is 0.280. The predicted molar refractivity (Wildman–Crippen MR) is 135 cm³/mol. The molecule has 0 unspecified atom stereocenters. The van der Waals surface area contributed by atoms with Gasteiger partial charge in [-0.3, -0.25) is 9.59 Å². The van der Waals surface area contributed by atoms with Gasteiger partial charge in [-0.25, -0.2) is 9.67 Å². The van der Waals surface area contributed by atoms with E-state index in [0.29, 0.717) is 15.8 Å². The van der Waals surface area contributed by atoms with E-state index in [4.69, 9.17) is 26.8 Å². The Hall–Kier alpha value is -3.23. The van der Waals surface area contributed by atoms with Gasteiger partial charge in [-0.1, -0.05) is 60.5 Å². The van der Waals surface area contributed by atoms with E-state index in [-0.39, 0.29) is 24.8 Å². The smallest absolute Gasteiger partial charge is 0.323 e. The summed E-state index contributed by atoms with van der Waals surface area (Å²) >= 11 is 7.83. The summed E-state index contributed by atoms with van der Waals surface area (Å²) in [6.45, 7) is 5.96. The number of aryl methyl sites for hydroxylation is 1. The summed E-state index contributed by atoms with van der Waals surface area (Å²) in [5, 5.41) is 15.7. The number of thiazole rings is 1. The molecule has 9 heteroatoms. The highest BCUT2D eigenvalue weighted by Crippen LogP contribution is 2.37. The summed E-state index contributed by atoms with van der Waals surface area (Å²) in [6, 6.07) is 13.7. The number of rotatable bonds is 7. The first kappa shape index (κ1) is 23.9. The van der Waals surface area contributed by atoms with Crippen LogP contribution in [0.3, 0.4) is 0 Å². The minimum atomic E-state index is -1.07. The Morgan fingerprint density at radius 3 is 2.65 bits per heavy atom. The number of hydrogen-bond donors (Lipinski definition) is 1. The zero-order chi connectivity index (χ0) is 24.6. The number of amides is 1. The lowest BCUT2D eigenvalue weighted by Gasteiger charge is -2.13. The van der Waals surface area contributed by atoms with Crippen molar-refractivity contribution in [2.75, 3.05) is 13.6 Å². The van der Waals surface area contributed by atoms with Gasteiger partial charge in [0.05, 0.1) is 23.3 Å². The number of hydrogen-bond acceptors (Lipinski definition) is 5. The van der Waals surface area contributed by atoms with Crippen LogP contribution in [0.5, 0.6) is 0 Å². The summed E-state index contributed by atoms with van der Waals surface area (Å²) in [4.78, 5) is 30.9. The van der Waals surface area contributed by atoms with Gasteiger partial charge < -0.3 is 10.0 Å². The molecule has 0 fully saturated rings. The van der Waals surface area contributed by atoms with Gasteiger partial charge in [0, 0.05) is 27.9 Å². The van der Waals surface area contributed by atoms with Gasteiger partial charge in [0.1, 0.15) is 6.54 Å². The monoisotopic (exact) mass is 496 g/mol. The zero-order valence-electron chi connectivity index (χ0n) is 19.4. The first-order valence-corrected chi connectivity index (χ1v) is 12.0. The third-order valence-corrected chi connectivity index (χ3v) is 7.04. The molecule has 0 spiro atoms. The summed E-state index contributed by atoms with van der Waals surface area (Å²) in [7, 11) is 1.46. The number of carbonyl (C=O) groups is 2. The van der Waals surface area contributed by atoms with Crippen LogP contribution in [-0.2, 0) is 16.0 Å². The number of aromatic nitrogens is 3. The first-order chi connectivity index (χ1) is 16.1. The highest BCUT2D eigenvalue weighted by Gasteiger charge is 2.22. The van der Waals surface area contributed by atoms with Crippen LogP contribution in [0.4, 0.5) is 0 Å². The molecule has 1 amide bonds. The number of carboxylic acids is 1. The van der Waals surface area contributed by atoms with Crippen molar-refractivity contribution < 1.29 is 14.7 Å². The maximum absolute atomic E-state index is 12.7. The Morgan fingerprint density at radius 1 is 1.21 bits per heavy atom. The molecule has 7 nitrogen and oxygen atoms in total. The van der Waals surface area contributed by atoms with E-state index in [2.05, 4.69) is 39.0 Å². The van der Waals surface area contributed by atoms with Gasteiger partial charge in [0.25, 0.3) is 0 Å². The Labute approximate surface area is 206 Å². The fourth-order valence-corrected chi connectivity index (χ4v) is 5.03. The van der Waals surface area contributed by atoms with E-state index in [0.717, 1.165) is 32.6 Å². The van der Waals surface area contributed by atoms with Crippen LogP contribution in [0.25, 0.3) is 27.3 Å². The van der Waals surface area contributed by atoms with Gasteiger partial charge in [0.2, 0.25) is 11.0 Å². The summed E-state index contributed by atoms with van der Waals surface area (Å²) < 4.78 is 1.75. The summed E-state index contributed by atoms with van der Waals surface area (Å²) in [5.74, 6) is -1.14. The van der Waals surface area contributed by atoms with E-state index < -0.39 is 5.97 Å². The molecule has 0 aliphatic heterocycles. The van der Waals surface area contributed by atoms with Crippen molar-refractivity contribution in [3.8, 4) is 16.4 Å². The molecule has 0 bridgehead atoms. The second kappa shape index (κ2) is 9.56. The van der Waals surface area contributed by atoms with Crippen molar-refractivity contribution in [2.45, 2.75) is 33.1 Å². The number of fused-ring (bicyclic) bond motifs is 1. The largest absolute Gasteiger partial charge is 0.480 e. The van der Waals surface area contributed by atoms with Crippen LogP contribution in [0.2, 0.25) is 5.02 Å². The lowest BCUT2D eigenvalue weighted by atomic mass is 10.0. The minimum absolute atomic E-state index is 0.0409. The molecule has 0 atom stereocenters. The average molecular weight is 497 g/mol. The van der Waals surface area contributed by atoms with Crippen LogP contribution in [-0.4, -0.2) is 50.2 Å². The van der Waals surface area contributed by atoms with E-state index in [1.54, 1.807) is 28.2 Å². The van der Waals surface area contributed by atoms with Crippen molar-refractivity contribution in [3.63, 3.8) is 0 Å². The number of carbonyl (C=O) groups excluding carboxylic acids is 1. The molecular formula is C25H25ClN4O3S. The van der Waals surface area contributed by atoms with Crippen molar-refractivity contribution in [1.82, 2.24) is 19.7 Å². The molecule has 0 saturated carbocycles. The van der Waals surface area contributed by atoms with Gasteiger partial charge >= 0.3 is 5.97 Å². The molecule has 0 saturated heterocycles. The maximum Gasteiger partial charge on any atom is 0.323 e. The Balaban J connectivity index is 1.82. The topological polar surface area (TPSA) is 88.3 Å². The molecule has 4 rings (SSSR count). The van der Waals surface area contributed by atoms with Gasteiger partial charge in [0.15, 0.2) is 0 Å². The van der Waals surface area contributed by atoms with Crippen LogP contribution in [0, 0.1) is 6.92 Å². The maximum atomic E-state index is 12.7. The lowest BCUT2D eigenvalue weighted by Crippen LogP contribution is -2.33. The van der Waals surface area contributed by atoms with Crippen molar-refractivity contribution >= 4 is 45.7 Å². The third-order valence-electron chi connectivity index (χ3n) is 5.47. The molecule has 4 aromatic rings. The van der Waals surface area contributed by atoms with Gasteiger partial charge in [-0.15, -0.1) is 0 Å². The SMILES string of the molecule is Cc1cccc(-c2nc(-n3nc(CC(=O)N(C)CC(=O)O)c4cc(Cl)ccc43)sc2C(C)C)c1. The van der Waals surface area contributed by atoms with Gasteiger partial charge in [-0.05, 0) is 37.1 Å².